The summed E-state index contributed by atoms with van der Waals surface area (Å²) in [6.45, 7) is 3.28. The molecule has 2 aromatic rings. The molecule has 0 radical (unpaired) electrons. The van der Waals surface area contributed by atoms with Gasteiger partial charge in [0.1, 0.15) is 5.84 Å². The zero-order chi connectivity index (χ0) is 26.6. The molecular formula is C23H21Cl2F4N5O3. The number of hydrogen-bond acceptors (Lipinski definition) is 7. The zero-order valence-electron chi connectivity index (χ0n) is 19.5. The van der Waals surface area contributed by atoms with Crippen LogP contribution in [0.3, 0.4) is 0 Å². The topological polar surface area (TPSA) is 88.9 Å². The number of fused-ring (bicyclic) bond motifs is 1. The number of nitrogens with one attached hydrogen (secondary N) is 1. The molecule has 37 heavy (non-hydrogen) atoms. The van der Waals surface area contributed by atoms with Crippen LogP contribution in [0.15, 0.2) is 23.5 Å². The first-order valence-corrected chi connectivity index (χ1v) is 12.1. The maximum absolute atomic E-state index is 14.3. The first kappa shape index (κ1) is 25.9. The Bertz CT molecular complexity index is 1260. The maximum Gasteiger partial charge on any atom is 0.435 e. The number of benzene rings is 1. The van der Waals surface area contributed by atoms with E-state index < -0.39 is 51.1 Å². The first-order chi connectivity index (χ1) is 17.4. The minimum Gasteiger partial charge on any atom is -0.381 e. The average molecular weight is 562 g/mol. The van der Waals surface area contributed by atoms with Crippen molar-refractivity contribution in [2.75, 3.05) is 13.2 Å². The van der Waals surface area contributed by atoms with Crippen molar-refractivity contribution < 1.29 is 31.9 Å². The van der Waals surface area contributed by atoms with Crippen molar-refractivity contribution in [3.63, 3.8) is 0 Å². The molecular weight excluding hydrogens is 541 g/mol. The largest absolute Gasteiger partial charge is 0.435 e. The Kier molecular flexibility index (Phi) is 6.48. The van der Waals surface area contributed by atoms with E-state index in [0.29, 0.717) is 37.3 Å². The van der Waals surface area contributed by atoms with Gasteiger partial charge in [0, 0.05) is 42.6 Å². The number of rotatable bonds is 3. The van der Waals surface area contributed by atoms with Gasteiger partial charge in [-0.25, -0.2) is 14.4 Å². The Balaban J connectivity index is 1.33. The maximum atomic E-state index is 14.3. The molecule has 3 aliphatic rings. The molecule has 3 aliphatic heterocycles. The van der Waals surface area contributed by atoms with Gasteiger partial charge in [0.05, 0.1) is 28.7 Å². The Labute approximate surface area is 218 Å². The monoisotopic (exact) mass is 561 g/mol. The van der Waals surface area contributed by atoms with Gasteiger partial charge in [0.15, 0.2) is 5.82 Å². The van der Waals surface area contributed by atoms with Crippen molar-refractivity contribution in [3.05, 3.63) is 56.8 Å². The number of hydrogen-bond donors (Lipinski definition) is 1. The Morgan fingerprint density at radius 1 is 1.16 bits per heavy atom. The molecule has 1 aromatic carbocycles. The van der Waals surface area contributed by atoms with Gasteiger partial charge >= 0.3 is 6.18 Å². The molecule has 1 aromatic heterocycles. The number of ether oxygens (including phenoxy) is 1. The van der Waals surface area contributed by atoms with Gasteiger partial charge in [-0.2, -0.15) is 13.2 Å². The van der Waals surface area contributed by atoms with Crippen molar-refractivity contribution in [1.82, 2.24) is 20.2 Å². The molecule has 1 atom stereocenters. The average Bonchev–Trinajstić information content (AvgIpc) is 3.47. The fourth-order valence-electron chi connectivity index (χ4n) is 4.57. The van der Waals surface area contributed by atoms with Crippen LogP contribution in [0, 0.1) is 5.82 Å². The summed E-state index contributed by atoms with van der Waals surface area (Å²) in [4.78, 5) is 27.8. The fraction of sp³-hybridized carbons (Fsp3) is 0.478. The lowest BCUT2D eigenvalue weighted by Crippen LogP contribution is -2.50. The SMILES string of the molecule is CC1(NC(=O)c2ncc3c(n2)CN(C2=NOC(c4cc(Cl)c(F)c(Cl)c4)(C(F)(F)F)C2)C3)CCOCC1. The minimum absolute atomic E-state index is 0.00705. The quantitative estimate of drug-likeness (QED) is 0.430. The Hall–Kier alpha value is -2.70. The highest BCUT2D eigenvalue weighted by atomic mass is 35.5. The van der Waals surface area contributed by atoms with Crippen LogP contribution in [0.2, 0.25) is 10.0 Å². The lowest BCUT2D eigenvalue weighted by molar-refractivity contribution is -0.275. The van der Waals surface area contributed by atoms with Crippen molar-refractivity contribution in [2.24, 2.45) is 5.16 Å². The van der Waals surface area contributed by atoms with Gasteiger partial charge in [-0.1, -0.05) is 28.4 Å². The van der Waals surface area contributed by atoms with Crippen molar-refractivity contribution in [1.29, 1.82) is 0 Å². The molecule has 1 fully saturated rings. The molecule has 0 aliphatic carbocycles. The van der Waals surface area contributed by atoms with Crippen LogP contribution in [0.1, 0.15) is 53.6 Å². The predicted molar refractivity (Wildman–Crippen MR) is 124 cm³/mol. The van der Waals surface area contributed by atoms with E-state index in [-0.39, 0.29) is 24.7 Å². The highest BCUT2D eigenvalue weighted by Gasteiger charge is 2.63. The molecule has 5 rings (SSSR count). The lowest BCUT2D eigenvalue weighted by Gasteiger charge is -2.34. The summed E-state index contributed by atoms with van der Waals surface area (Å²) in [5.41, 5.74) is -2.65. The number of carbonyl (C=O) groups excluding carboxylic acids is 1. The second-order valence-electron chi connectivity index (χ2n) is 9.50. The number of amidine groups is 1. The summed E-state index contributed by atoms with van der Waals surface area (Å²) in [7, 11) is 0. The zero-order valence-corrected chi connectivity index (χ0v) is 21.0. The normalized spacial score (nSPS) is 22.9. The van der Waals surface area contributed by atoms with E-state index in [9.17, 15) is 22.4 Å². The van der Waals surface area contributed by atoms with Gasteiger partial charge in [0.2, 0.25) is 5.82 Å². The van der Waals surface area contributed by atoms with Crippen LogP contribution in [-0.2, 0) is 28.3 Å². The summed E-state index contributed by atoms with van der Waals surface area (Å²) in [5, 5.41) is 5.55. The van der Waals surface area contributed by atoms with Crippen molar-refractivity contribution >= 4 is 34.9 Å². The van der Waals surface area contributed by atoms with Crippen molar-refractivity contribution in [3.8, 4) is 0 Å². The van der Waals surface area contributed by atoms with E-state index in [2.05, 4.69) is 20.4 Å². The van der Waals surface area contributed by atoms with Crippen LogP contribution in [-0.4, -0.2) is 51.5 Å². The number of halogens is 6. The van der Waals surface area contributed by atoms with E-state index >= 15 is 0 Å². The van der Waals surface area contributed by atoms with Crippen LogP contribution in [0.4, 0.5) is 17.6 Å². The van der Waals surface area contributed by atoms with Crippen molar-refractivity contribution in [2.45, 2.75) is 56.6 Å². The molecule has 4 heterocycles. The minimum atomic E-state index is -4.92. The third-order valence-corrected chi connectivity index (χ3v) is 7.41. The number of oxime groups is 1. The van der Waals surface area contributed by atoms with Gasteiger partial charge < -0.3 is 19.8 Å². The number of alkyl halides is 3. The molecule has 1 saturated heterocycles. The molecule has 0 bridgehead atoms. The summed E-state index contributed by atoms with van der Waals surface area (Å²) in [6.07, 6.45) is -2.81. The second-order valence-corrected chi connectivity index (χ2v) is 10.3. The van der Waals surface area contributed by atoms with E-state index in [1.54, 1.807) is 4.90 Å². The second kappa shape index (κ2) is 9.25. The molecule has 1 N–H and O–H groups in total. The van der Waals surface area contributed by atoms with Crippen LogP contribution < -0.4 is 5.32 Å². The number of nitrogens with zero attached hydrogens (tertiary/aromatic N) is 4. The Morgan fingerprint density at radius 3 is 2.49 bits per heavy atom. The molecule has 1 unspecified atom stereocenters. The molecule has 198 valence electrons. The number of amides is 1. The van der Waals surface area contributed by atoms with E-state index in [1.807, 2.05) is 6.92 Å². The highest BCUT2D eigenvalue weighted by molar-refractivity contribution is 6.35. The van der Waals surface area contributed by atoms with Gasteiger partial charge in [0.25, 0.3) is 11.5 Å². The van der Waals surface area contributed by atoms with Gasteiger partial charge in [-0.05, 0) is 31.9 Å². The molecule has 1 amide bonds. The lowest BCUT2D eigenvalue weighted by atomic mass is 9.89. The molecule has 14 heteroatoms. The van der Waals surface area contributed by atoms with E-state index in [0.717, 1.165) is 12.1 Å². The van der Waals surface area contributed by atoms with Crippen LogP contribution >= 0.6 is 23.2 Å². The molecule has 8 nitrogen and oxygen atoms in total. The van der Waals surface area contributed by atoms with Gasteiger partial charge in [-0.15, -0.1) is 0 Å². The standard InChI is InChI=1S/C23H21Cl2F4N5O3/c1-21(2-4-36-5-3-21)32-20(35)19-30-9-12-10-34(11-16(12)31-19)17-8-22(37-33-17,23(27,28)29)13-6-14(24)18(26)15(25)7-13/h6-7,9H,2-5,8,10-11H2,1H3,(H,32,35). The Morgan fingerprint density at radius 2 is 1.84 bits per heavy atom. The van der Waals surface area contributed by atoms with E-state index in [1.165, 1.54) is 6.20 Å². The summed E-state index contributed by atoms with van der Waals surface area (Å²) in [5.74, 6) is -1.48. The van der Waals surface area contributed by atoms with E-state index in [4.69, 9.17) is 32.8 Å². The number of carbonyl (C=O) groups is 1. The highest BCUT2D eigenvalue weighted by Crippen LogP contribution is 2.50. The third kappa shape index (κ3) is 4.70. The number of aromatic nitrogens is 2. The predicted octanol–water partition coefficient (Wildman–Crippen LogP) is 4.73. The molecule has 0 saturated carbocycles. The summed E-state index contributed by atoms with van der Waals surface area (Å²) >= 11 is 11.5. The van der Waals surface area contributed by atoms with Gasteiger partial charge in [-0.3, -0.25) is 4.79 Å². The molecule has 0 spiro atoms. The fourth-order valence-corrected chi connectivity index (χ4v) is 5.06. The smallest absolute Gasteiger partial charge is 0.381 e. The first-order valence-electron chi connectivity index (χ1n) is 11.4. The van der Waals surface area contributed by atoms with Crippen LogP contribution in [0.25, 0.3) is 0 Å². The summed E-state index contributed by atoms with van der Waals surface area (Å²) in [6, 6.07) is 1.67. The summed E-state index contributed by atoms with van der Waals surface area (Å²) < 4.78 is 62.1. The van der Waals surface area contributed by atoms with Crippen LogP contribution in [0.5, 0.6) is 0 Å². The third-order valence-electron chi connectivity index (χ3n) is 6.86.